The van der Waals surface area contributed by atoms with Crippen molar-refractivity contribution in [3.05, 3.63) is 217 Å². The van der Waals surface area contributed by atoms with Gasteiger partial charge in [0.25, 0.3) is 0 Å². The quantitative estimate of drug-likeness (QED) is 0.170. The SMILES string of the molecule is Cc1c(-c2ccccc2)cc(-c2ccccc2)cc1-c1ccccc1.Cc1ccc(-c2ccccc2)c(-c2ccccc2)c1-c1ccccc1. The van der Waals surface area contributed by atoms with Crippen molar-refractivity contribution in [3.8, 4) is 66.8 Å². The summed E-state index contributed by atoms with van der Waals surface area (Å²) >= 11 is 0. The van der Waals surface area contributed by atoms with Crippen molar-refractivity contribution in [2.45, 2.75) is 13.8 Å². The Bertz CT molecular complexity index is 2210. The van der Waals surface area contributed by atoms with Gasteiger partial charge in [-0.05, 0) is 104 Å². The first-order valence-electron chi connectivity index (χ1n) is 17.3. The van der Waals surface area contributed by atoms with Gasteiger partial charge in [0.1, 0.15) is 0 Å². The second-order valence-corrected chi connectivity index (χ2v) is 12.6. The van der Waals surface area contributed by atoms with Gasteiger partial charge in [-0.2, -0.15) is 0 Å². The fourth-order valence-electron chi connectivity index (χ4n) is 6.79. The largest absolute Gasteiger partial charge is 0.0622 e. The lowest BCUT2D eigenvalue weighted by Crippen LogP contribution is -1.93. The lowest BCUT2D eigenvalue weighted by molar-refractivity contribution is 1.44. The van der Waals surface area contributed by atoms with Crippen LogP contribution in [0.5, 0.6) is 0 Å². The molecule has 0 nitrogen and oxygen atoms in total. The molecular formula is C50H40. The summed E-state index contributed by atoms with van der Waals surface area (Å²) < 4.78 is 0. The Morgan fingerprint density at radius 2 is 0.560 bits per heavy atom. The summed E-state index contributed by atoms with van der Waals surface area (Å²) in [5.41, 5.74) is 17.9. The van der Waals surface area contributed by atoms with Gasteiger partial charge in [0.2, 0.25) is 0 Å². The third-order valence-electron chi connectivity index (χ3n) is 9.31. The van der Waals surface area contributed by atoms with E-state index in [2.05, 4.69) is 220 Å². The molecule has 0 radical (unpaired) electrons. The minimum absolute atomic E-state index is 1.25. The zero-order valence-corrected chi connectivity index (χ0v) is 28.6. The zero-order valence-electron chi connectivity index (χ0n) is 28.6. The van der Waals surface area contributed by atoms with Crippen LogP contribution in [-0.4, -0.2) is 0 Å². The third-order valence-corrected chi connectivity index (χ3v) is 9.31. The van der Waals surface area contributed by atoms with Crippen LogP contribution in [0.25, 0.3) is 66.8 Å². The highest BCUT2D eigenvalue weighted by molar-refractivity contribution is 5.96. The molecule has 0 aliphatic carbocycles. The maximum absolute atomic E-state index is 2.31. The average molecular weight is 641 g/mol. The van der Waals surface area contributed by atoms with Crippen molar-refractivity contribution in [2.75, 3.05) is 0 Å². The molecule has 8 aromatic carbocycles. The molecule has 8 rings (SSSR count). The van der Waals surface area contributed by atoms with E-state index in [-0.39, 0.29) is 0 Å². The molecule has 240 valence electrons. The standard InChI is InChI=1S/2C25H20/c1-19-24(21-13-7-3-8-14-21)17-23(20-11-5-2-6-12-20)18-25(19)22-15-9-4-10-16-22;1-19-17-18-23(20-11-5-2-6-12-20)25(22-15-9-4-10-16-22)24(19)21-13-7-3-8-14-21/h2*2-18H,1H3. The second-order valence-electron chi connectivity index (χ2n) is 12.6. The summed E-state index contributed by atoms with van der Waals surface area (Å²) in [5, 5.41) is 0. The van der Waals surface area contributed by atoms with E-state index in [1.165, 1.54) is 77.9 Å². The van der Waals surface area contributed by atoms with Crippen molar-refractivity contribution < 1.29 is 0 Å². The first kappa shape index (κ1) is 32.3. The van der Waals surface area contributed by atoms with Crippen molar-refractivity contribution >= 4 is 0 Å². The van der Waals surface area contributed by atoms with Gasteiger partial charge in [0, 0.05) is 0 Å². The molecular weight excluding hydrogens is 601 g/mol. The molecule has 8 aromatic rings. The third kappa shape index (κ3) is 7.11. The molecule has 0 saturated carbocycles. The lowest BCUT2D eigenvalue weighted by atomic mass is 9.85. The highest BCUT2D eigenvalue weighted by Gasteiger charge is 2.16. The van der Waals surface area contributed by atoms with Crippen LogP contribution in [0, 0.1) is 13.8 Å². The zero-order chi connectivity index (χ0) is 34.1. The minimum Gasteiger partial charge on any atom is -0.0622 e. The Hall–Kier alpha value is -6.24. The average Bonchev–Trinajstić information content (AvgIpc) is 3.20. The number of aryl methyl sites for hydroxylation is 1. The second kappa shape index (κ2) is 15.3. The van der Waals surface area contributed by atoms with Gasteiger partial charge in [-0.3, -0.25) is 0 Å². The van der Waals surface area contributed by atoms with Crippen LogP contribution in [0.3, 0.4) is 0 Å². The van der Waals surface area contributed by atoms with Crippen molar-refractivity contribution in [1.29, 1.82) is 0 Å². The molecule has 0 heteroatoms. The van der Waals surface area contributed by atoms with Crippen LogP contribution in [-0.2, 0) is 0 Å². The van der Waals surface area contributed by atoms with Gasteiger partial charge in [-0.1, -0.05) is 194 Å². The van der Waals surface area contributed by atoms with E-state index >= 15 is 0 Å². The van der Waals surface area contributed by atoms with Crippen LogP contribution in [0.4, 0.5) is 0 Å². The number of benzene rings is 8. The molecule has 0 aromatic heterocycles. The fraction of sp³-hybridized carbons (Fsp3) is 0.0400. The highest BCUT2D eigenvalue weighted by atomic mass is 14.2. The maximum atomic E-state index is 2.31. The Labute approximate surface area is 297 Å². The van der Waals surface area contributed by atoms with Crippen molar-refractivity contribution in [1.82, 2.24) is 0 Å². The summed E-state index contributed by atoms with van der Waals surface area (Å²) in [7, 11) is 0. The first-order chi connectivity index (χ1) is 24.7. The molecule has 0 amide bonds. The molecule has 0 aliphatic heterocycles. The predicted molar refractivity (Wildman–Crippen MR) is 215 cm³/mol. The van der Waals surface area contributed by atoms with Gasteiger partial charge < -0.3 is 0 Å². The van der Waals surface area contributed by atoms with E-state index in [1.807, 2.05) is 0 Å². The van der Waals surface area contributed by atoms with Gasteiger partial charge in [0.15, 0.2) is 0 Å². The van der Waals surface area contributed by atoms with Crippen LogP contribution >= 0.6 is 0 Å². The number of hydrogen-bond acceptors (Lipinski definition) is 0. The number of hydrogen-bond donors (Lipinski definition) is 0. The molecule has 0 unspecified atom stereocenters. The lowest BCUT2D eigenvalue weighted by Gasteiger charge is -2.18. The molecule has 0 atom stereocenters. The van der Waals surface area contributed by atoms with Crippen LogP contribution < -0.4 is 0 Å². The molecule has 0 N–H and O–H groups in total. The highest BCUT2D eigenvalue weighted by Crippen LogP contribution is 2.42. The minimum atomic E-state index is 1.25. The molecule has 0 fully saturated rings. The van der Waals surface area contributed by atoms with Crippen LogP contribution in [0.15, 0.2) is 206 Å². The molecule has 0 heterocycles. The first-order valence-corrected chi connectivity index (χ1v) is 17.3. The maximum Gasteiger partial charge on any atom is -0.00242 e. The van der Waals surface area contributed by atoms with E-state index in [9.17, 15) is 0 Å². The summed E-state index contributed by atoms with van der Waals surface area (Å²) in [6.45, 7) is 4.42. The summed E-state index contributed by atoms with van der Waals surface area (Å²) in [6, 6.07) is 73.0. The van der Waals surface area contributed by atoms with Gasteiger partial charge in [0.05, 0.1) is 0 Å². The summed E-state index contributed by atoms with van der Waals surface area (Å²) in [4.78, 5) is 0. The van der Waals surface area contributed by atoms with E-state index in [1.54, 1.807) is 0 Å². The van der Waals surface area contributed by atoms with E-state index in [0.717, 1.165) is 0 Å². The topological polar surface area (TPSA) is 0 Å². The number of rotatable bonds is 6. The van der Waals surface area contributed by atoms with Gasteiger partial charge in [-0.15, -0.1) is 0 Å². The van der Waals surface area contributed by atoms with Crippen molar-refractivity contribution in [3.63, 3.8) is 0 Å². The van der Waals surface area contributed by atoms with E-state index in [0.29, 0.717) is 0 Å². The summed E-state index contributed by atoms with van der Waals surface area (Å²) in [6.07, 6.45) is 0. The smallest absolute Gasteiger partial charge is 0.00242 e. The molecule has 0 aliphatic rings. The van der Waals surface area contributed by atoms with Crippen LogP contribution in [0.2, 0.25) is 0 Å². The predicted octanol–water partition coefficient (Wildman–Crippen LogP) is 14.0. The van der Waals surface area contributed by atoms with E-state index < -0.39 is 0 Å². The Balaban J connectivity index is 0.000000157. The monoisotopic (exact) mass is 640 g/mol. The Morgan fingerprint density at radius 3 is 0.960 bits per heavy atom. The molecule has 0 saturated heterocycles. The molecule has 0 bridgehead atoms. The molecule has 50 heavy (non-hydrogen) atoms. The fourth-order valence-corrected chi connectivity index (χ4v) is 6.79. The van der Waals surface area contributed by atoms with Crippen LogP contribution in [0.1, 0.15) is 11.1 Å². The molecule has 0 spiro atoms. The summed E-state index contributed by atoms with van der Waals surface area (Å²) in [5.74, 6) is 0. The van der Waals surface area contributed by atoms with Gasteiger partial charge >= 0.3 is 0 Å². The van der Waals surface area contributed by atoms with Crippen molar-refractivity contribution in [2.24, 2.45) is 0 Å². The Morgan fingerprint density at radius 1 is 0.240 bits per heavy atom. The van der Waals surface area contributed by atoms with Gasteiger partial charge in [-0.25, -0.2) is 0 Å². The normalized spacial score (nSPS) is 10.6. The van der Waals surface area contributed by atoms with E-state index in [4.69, 9.17) is 0 Å². The Kier molecular flexibility index (Phi) is 9.90.